The van der Waals surface area contributed by atoms with Gasteiger partial charge in [-0.3, -0.25) is 4.90 Å². The molecular formula is C22H26ClN3O2. The Balaban J connectivity index is 1.91. The van der Waals surface area contributed by atoms with Crippen molar-refractivity contribution in [3.63, 3.8) is 0 Å². The third kappa shape index (κ3) is 4.91. The van der Waals surface area contributed by atoms with Gasteiger partial charge in [0.1, 0.15) is 5.84 Å². The third-order valence-electron chi connectivity index (χ3n) is 4.85. The van der Waals surface area contributed by atoms with E-state index in [2.05, 4.69) is 16.7 Å². The number of hydrogen-bond acceptors (Lipinski definition) is 4. The van der Waals surface area contributed by atoms with E-state index in [4.69, 9.17) is 21.3 Å². The average molecular weight is 400 g/mol. The van der Waals surface area contributed by atoms with Gasteiger partial charge in [0, 0.05) is 31.7 Å². The van der Waals surface area contributed by atoms with Crippen LogP contribution in [0.4, 0.5) is 5.69 Å². The van der Waals surface area contributed by atoms with Crippen molar-refractivity contribution in [2.24, 2.45) is 4.99 Å². The van der Waals surface area contributed by atoms with E-state index in [1.54, 1.807) is 12.1 Å². The maximum atomic E-state index is 11.7. The number of para-hydroxylation sites is 1. The first-order valence-electron chi connectivity index (χ1n) is 9.61. The van der Waals surface area contributed by atoms with Crippen LogP contribution in [0.5, 0.6) is 0 Å². The Bertz CT molecular complexity index is 828. The van der Waals surface area contributed by atoms with Crippen LogP contribution in [-0.2, 0) is 4.74 Å². The van der Waals surface area contributed by atoms with Crippen LogP contribution < -0.4 is 0 Å². The summed E-state index contributed by atoms with van der Waals surface area (Å²) < 4.78 is 4.80. The van der Waals surface area contributed by atoms with Gasteiger partial charge >= 0.3 is 5.97 Å². The van der Waals surface area contributed by atoms with E-state index in [-0.39, 0.29) is 5.97 Å². The number of amidine groups is 1. The number of benzene rings is 2. The van der Waals surface area contributed by atoms with Gasteiger partial charge in [0.15, 0.2) is 0 Å². The molecule has 28 heavy (non-hydrogen) atoms. The highest BCUT2D eigenvalue weighted by Gasteiger charge is 2.21. The van der Waals surface area contributed by atoms with Gasteiger partial charge < -0.3 is 9.64 Å². The van der Waals surface area contributed by atoms with E-state index in [0.717, 1.165) is 56.2 Å². The molecule has 0 N–H and O–H groups in total. The second-order valence-electron chi connectivity index (χ2n) is 6.78. The number of aliphatic imine (C=N–C) groups is 1. The van der Waals surface area contributed by atoms with Crippen LogP contribution in [0.2, 0.25) is 5.02 Å². The van der Waals surface area contributed by atoms with Gasteiger partial charge in [-0.1, -0.05) is 42.8 Å². The Labute approximate surface area is 171 Å². The molecule has 148 valence electrons. The Morgan fingerprint density at radius 1 is 1.04 bits per heavy atom. The first kappa shape index (κ1) is 20.4. The molecule has 0 saturated carbocycles. The maximum Gasteiger partial charge on any atom is 0.337 e. The van der Waals surface area contributed by atoms with Crippen molar-refractivity contribution in [2.75, 3.05) is 39.8 Å². The molecule has 1 fully saturated rings. The molecule has 2 aromatic carbocycles. The molecule has 2 aromatic rings. The average Bonchev–Trinajstić information content (AvgIpc) is 2.74. The summed E-state index contributed by atoms with van der Waals surface area (Å²) in [6.07, 6.45) is 1.16. The first-order valence-corrected chi connectivity index (χ1v) is 9.99. The largest absolute Gasteiger partial charge is 0.465 e. The first-order chi connectivity index (χ1) is 13.6. The lowest BCUT2D eigenvalue weighted by atomic mass is 10.1. The molecule has 0 bridgehead atoms. The molecule has 3 rings (SSSR count). The molecule has 0 atom stereocenters. The van der Waals surface area contributed by atoms with Crippen molar-refractivity contribution in [3.05, 3.63) is 64.7 Å². The van der Waals surface area contributed by atoms with E-state index in [0.29, 0.717) is 10.6 Å². The summed E-state index contributed by atoms with van der Waals surface area (Å²) >= 11 is 6.35. The Morgan fingerprint density at radius 2 is 1.68 bits per heavy atom. The molecule has 5 nitrogen and oxygen atoms in total. The number of halogens is 1. The summed E-state index contributed by atoms with van der Waals surface area (Å²) in [5.41, 5.74) is 2.22. The van der Waals surface area contributed by atoms with E-state index < -0.39 is 0 Å². The molecule has 0 amide bonds. The van der Waals surface area contributed by atoms with Gasteiger partial charge in [0.05, 0.1) is 23.4 Å². The van der Waals surface area contributed by atoms with Crippen molar-refractivity contribution in [3.8, 4) is 0 Å². The van der Waals surface area contributed by atoms with Gasteiger partial charge in [-0.05, 0) is 37.2 Å². The molecular weight excluding hydrogens is 374 g/mol. The topological polar surface area (TPSA) is 45.1 Å². The number of ether oxygens (including phenoxy) is 1. The molecule has 0 spiro atoms. The van der Waals surface area contributed by atoms with E-state index in [1.165, 1.54) is 7.11 Å². The Morgan fingerprint density at radius 3 is 2.29 bits per heavy atom. The number of rotatable bonds is 5. The molecule has 6 heteroatoms. The van der Waals surface area contributed by atoms with Crippen LogP contribution in [0.15, 0.2) is 53.5 Å². The molecule has 0 aliphatic carbocycles. The smallest absolute Gasteiger partial charge is 0.337 e. The lowest BCUT2D eigenvalue weighted by Gasteiger charge is -2.36. The van der Waals surface area contributed by atoms with Crippen LogP contribution in [0.3, 0.4) is 0 Å². The number of carbonyl (C=O) groups excluding carboxylic acids is 1. The molecule has 0 radical (unpaired) electrons. The number of esters is 1. The second-order valence-corrected chi connectivity index (χ2v) is 7.19. The molecule has 1 aliphatic heterocycles. The monoisotopic (exact) mass is 399 g/mol. The van der Waals surface area contributed by atoms with Crippen LogP contribution in [0.25, 0.3) is 0 Å². The van der Waals surface area contributed by atoms with Gasteiger partial charge in [-0.2, -0.15) is 0 Å². The third-order valence-corrected chi connectivity index (χ3v) is 5.17. The van der Waals surface area contributed by atoms with Crippen LogP contribution in [0.1, 0.15) is 29.3 Å². The quantitative estimate of drug-likeness (QED) is 0.428. The number of methoxy groups -OCH3 is 1. The SMILES string of the molecule is CCCN1CCN(C(=Nc2ccccc2Cl)c2ccc(C(=O)OC)cc2)CC1. The van der Waals surface area contributed by atoms with E-state index in [1.807, 2.05) is 36.4 Å². The zero-order valence-corrected chi connectivity index (χ0v) is 17.2. The Kier molecular flexibility index (Phi) is 7.06. The zero-order valence-electron chi connectivity index (χ0n) is 16.4. The molecule has 0 unspecified atom stereocenters. The number of hydrogen-bond donors (Lipinski definition) is 0. The Hall–Kier alpha value is -2.37. The lowest BCUT2D eigenvalue weighted by molar-refractivity contribution is 0.0600. The summed E-state index contributed by atoms with van der Waals surface area (Å²) in [5, 5.41) is 0.621. The lowest BCUT2D eigenvalue weighted by Crippen LogP contribution is -2.49. The van der Waals surface area contributed by atoms with Gasteiger partial charge in [-0.25, -0.2) is 9.79 Å². The van der Waals surface area contributed by atoms with Crippen LogP contribution >= 0.6 is 11.6 Å². The minimum absolute atomic E-state index is 0.343. The summed E-state index contributed by atoms with van der Waals surface area (Å²) in [4.78, 5) is 21.4. The molecule has 1 heterocycles. The van der Waals surface area contributed by atoms with E-state index >= 15 is 0 Å². The fourth-order valence-corrected chi connectivity index (χ4v) is 3.53. The minimum atomic E-state index is -0.343. The number of nitrogens with zero attached hydrogens (tertiary/aromatic N) is 3. The minimum Gasteiger partial charge on any atom is -0.465 e. The highest BCUT2D eigenvalue weighted by Crippen LogP contribution is 2.26. The highest BCUT2D eigenvalue weighted by atomic mass is 35.5. The summed E-state index contributed by atoms with van der Waals surface area (Å²) in [5.74, 6) is 0.532. The van der Waals surface area contributed by atoms with Gasteiger partial charge in [0.25, 0.3) is 0 Å². The highest BCUT2D eigenvalue weighted by molar-refractivity contribution is 6.33. The number of carbonyl (C=O) groups is 1. The second kappa shape index (κ2) is 9.71. The van der Waals surface area contributed by atoms with Crippen molar-refractivity contribution in [1.29, 1.82) is 0 Å². The normalized spacial score (nSPS) is 15.5. The van der Waals surface area contributed by atoms with Gasteiger partial charge in [0.2, 0.25) is 0 Å². The van der Waals surface area contributed by atoms with Crippen LogP contribution in [-0.4, -0.2) is 61.4 Å². The van der Waals surface area contributed by atoms with Gasteiger partial charge in [-0.15, -0.1) is 0 Å². The van der Waals surface area contributed by atoms with Crippen molar-refractivity contribution in [2.45, 2.75) is 13.3 Å². The predicted molar refractivity (Wildman–Crippen MR) is 114 cm³/mol. The summed E-state index contributed by atoms with van der Waals surface area (Å²) in [6, 6.07) is 15.0. The van der Waals surface area contributed by atoms with Crippen molar-refractivity contribution in [1.82, 2.24) is 9.80 Å². The predicted octanol–water partition coefficient (Wildman–Crippen LogP) is 4.23. The van der Waals surface area contributed by atoms with Crippen molar-refractivity contribution < 1.29 is 9.53 Å². The zero-order chi connectivity index (χ0) is 19.9. The maximum absolute atomic E-state index is 11.7. The molecule has 0 aromatic heterocycles. The fraction of sp³-hybridized carbons (Fsp3) is 0.364. The standard InChI is InChI=1S/C22H26ClN3O2/c1-3-12-25-13-15-26(16-14-25)21(24-20-7-5-4-6-19(20)23)17-8-10-18(11-9-17)22(27)28-2/h4-11H,3,12-16H2,1-2H3. The molecule has 1 aliphatic rings. The summed E-state index contributed by atoms with van der Waals surface area (Å²) in [6.45, 7) is 7.16. The number of piperazine rings is 1. The summed E-state index contributed by atoms with van der Waals surface area (Å²) in [7, 11) is 1.39. The van der Waals surface area contributed by atoms with Crippen LogP contribution in [0, 0.1) is 0 Å². The molecule has 1 saturated heterocycles. The van der Waals surface area contributed by atoms with Crippen molar-refractivity contribution >= 4 is 29.1 Å². The fourth-order valence-electron chi connectivity index (χ4n) is 3.35. The van der Waals surface area contributed by atoms with E-state index in [9.17, 15) is 4.79 Å².